The number of hydrogen-bond donors (Lipinski definition) is 0. The summed E-state index contributed by atoms with van der Waals surface area (Å²) in [5.74, 6) is 0.873. The zero-order chi connectivity index (χ0) is 11.7. The lowest BCUT2D eigenvalue weighted by Crippen LogP contribution is -1.85. The van der Waals surface area contributed by atoms with Crippen molar-refractivity contribution in [2.24, 2.45) is 0 Å². The molecule has 0 aliphatic heterocycles. The predicted molar refractivity (Wildman–Crippen MR) is 75.3 cm³/mol. The zero-order valence-electron chi connectivity index (χ0n) is 8.79. The van der Waals surface area contributed by atoms with Crippen LogP contribution in [0.5, 0.6) is 5.75 Å². The van der Waals surface area contributed by atoms with Crippen molar-refractivity contribution < 1.29 is 4.74 Å². The molecule has 0 saturated heterocycles. The summed E-state index contributed by atoms with van der Waals surface area (Å²) in [4.78, 5) is 3.53. The highest BCUT2D eigenvalue weighted by Gasteiger charge is 2.16. The third-order valence-electron chi connectivity index (χ3n) is 2.21. The van der Waals surface area contributed by atoms with Crippen LogP contribution < -0.4 is 4.74 Å². The molecule has 0 aromatic carbocycles. The second-order valence-corrected chi connectivity index (χ2v) is 6.83. The average Bonchev–Trinajstić information content (AvgIpc) is 2.86. The lowest BCUT2D eigenvalue weighted by molar-refractivity contribution is 0.416. The molecule has 16 heavy (non-hydrogen) atoms. The Labute approximate surface area is 116 Å². The average molecular weight is 338 g/mol. The smallest absolute Gasteiger partial charge is 0.129 e. The molecule has 5 heteroatoms. The van der Waals surface area contributed by atoms with Crippen molar-refractivity contribution in [3.05, 3.63) is 36.6 Å². The van der Waals surface area contributed by atoms with E-state index in [1.54, 1.807) is 29.8 Å². The number of aryl methyl sites for hydroxylation is 1. The Morgan fingerprint density at radius 2 is 2.12 bits per heavy atom. The number of alkyl halides is 1. The van der Waals surface area contributed by atoms with Gasteiger partial charge in [-0.15, -0.1) is 34.3 Å². The lowest BCUT2D eigenvalue weighted by Gasteiger charge is -2.02. The van der Waals surface area contributed by atoms with Crippen LogP contribution in [0.2, 0.25) is 0 Å². The fourth-order valence-electron chi connectivity index (χ4n) is 1.32. The van der Waals surface area contributed by atoms with Gasteiger partial charge in [0, 0.05) is 24.5 Å². The fourth-order valence-corrected chi connectivity index (χ4v) is 4.21. The van der Waals surface area contributed by atoms with E-state index in [9.17, 15) is 0 Å². The summed E-state index contributed by atoms with van der Waals surface area (Å²) in [6.45, 7) is 2.08. The first-order valence-corrected chi connectivity index (χ1v) is 7.56. The monoisotopic (exact) mass is 336 g/mol. The molecule has 1 nitrogen and oxygen atoms in total. The minimum Gasteiger partial charge on any atom is -0.496 e. The molecule has 0 spiro atoms. The fraction of sp³-hybridized carbons (Fsp3) is 0.273. The third kappa shape index (κ3) is 2.45. The first kappa shape index (κ1) is 12.4. The van der Waals surface area contributed by atoms with E-state index in [1.807, 2.05) is 11.4 Å². The Morgan fingerprint density at radius 1 is 1.38 bits per heavy atom. The van der Waals surface area contributed by atoms with E-state index < -0.39 is 0 Å². The predicted octanol–water partition coefficient (Wildman–Crippen LogP) is 5.22. The summed E-state index contributed by atoms with van der Waals surface area (Å²) in [6.07, 6.45) is 0. The highest BCUT2D eigenvalue weighted by molar-refractivity contribution is 9.10. The Hall–Kier alpha value is -0.0300. The van der Waals surface area contributed by atoms with Gasteiger partial charge in [-0.2, -0.15) is 0 Å². The first-order chi connectivity index (χ1) is 7.61. The van der Waals surface area contributed by atoms with Crippen molar-refractivity contribution in [1.29, 1.82) is 0 Å². The second kappa shape index (κ2) is 5.08. The molecule has 0 aliphatic rings. The number of hydrogen-bond acceptors (Lipinski definition) is 3. The summed E-state index contributed by atoms with van der Waals surface area (Å²) in [5, 5.41) is 1.89. The summed E-state index contributed by atoms with van der Waals surface area (Å²) >= 11 is 13.3. The van der Waals surface area contributed by atoms with Gasteiger partial charge in [0.1, 0.15) is 11.1 Å². The molecule has 2 heterocycles. The van der Waals surface area contributed by atoms with Crippen LogP contribution in [0.4, 0.5) is 0 Å². The number of methoxy groups -OCH3 is 1. The van der Waals surface area contributed by atoms with Crippen molar-refractivity contribution in [3.8, 4) is 5.75 Å². The van der Waals surface area contributed by atoms with Gasteiger partial charge < -0.3 is 4.74 Å². The maximum Gasteiger partial charge on any atom is 0.129 e. The Bertz CT molecular complexity index is 472. The molecule has 0 N–H and O–H groups in total. The van der Waals surface area contributed by atoms with Crippen molar-refractivity contribution >= 4 is 50.2 Å². The first-order valence-electron chi connectivity index (χ1n) is 4.64. The van der Waals surface area contributed by atoms with Crippen molar-refractivity contribution in [3.63, 3.8) is 0 Å². The highest BCUT2D eigenvalue weighted by atomic mass is 79.9. The molecular weight excluding hydrogens is 328 g/mol. The number of thiophene rings is 2. The Morgan fingerprint density at radius 3 is 2.62 bits per heavy atom. The van der Waals surface area contributed by atoms with Gasteiger partial charge in [0.15, 0.2) is 0 Å². The summed E-state index contributed by atoms with van der Waals surface area (Å²) < 4.78 is 6.28. The van der Waals surface area contributed by atoms with Gasteiger partial charge in [-0.3, -0.25) is 0 Å². The Balaban J connectivity index is 2.27. The quantitative estimate of drug-likeness (QED) is 0.698. The number of ether oxygens (including phenoxy) is 1. The Kier molecular flexibility index (Phi) is 3.95. The molecule has 2 aromatic heterocycles. The van der Waals surface area contributed by atoms with Crippen molar-refractivity contribution in [1.82, 2.24) is 0 Å². The normalized spacial score (nSPS) is 12.8. The molecule has 0 radical (unpaired) electrons. The van der Waals surface area contributed by atoms with E-state index in [-0.39, 0.29) is 5.38 Å². The van der Waals surface area contributed by atoms with E-state index in [2.05, 4.69) is 28.9 Å². The summed E-state index contributed by atoms with van der Waals surface area (Å²) in [7, 11) is 1.67. The summed E-state index contributed by atoms with van der Waals surface area (Å²) in [6, 6.07) is 4.08. The SMILES string of the molecule is COc1csc(C(Cl)c2cc(Br)c(C)s2)c1. The summed E-state index contributed by atoms with van der Waals surface area (Å²) in [5.41, 5.74) is 0. The van der Waals surface area contributed by atoms with Crippen LogP contribution >= 0.6 is 50.2 Å². The number of halogens is 2. The van der Waals surface area contributed by atoms with Gasteiger partial charge in [0.25, 0.3) is 0 Å². The van der Waals surface area contributed by atoms with Crippen LogP contribution in [0, 0.1) is 6.92 Å². The molecule has 0 saturated carbocycles. The molecular formula is C11H10BrClOS2. The van der Waals surface area contributed by atoms with Crippen LogP contribution in [-0.2, 0) is 0 Å². The highest BCUT2D eigenvalue weighted by Crippen LogP contribution is 2.40. The second-order valence-electron chi connectivity index (χ2n) is 3.30. The van der Waals surface area contributed by atoms with E-state index in [4.69, 9.17) is 16.3 Å². The van der Waals surface area contributed by atoms with Crippen LogP contribution in [0.1, 0.15) is 20.0 Å². The number of rotatable bonds is 3. The van der Waals surface area contributed by atoms with Gasteiger partial charge in [-0.25, -0.2) is 0 Å². The molecule has 2 aromatic rings. The van der Waals surface area contributed by atoms with Gasteiger partial charge >= 0.3 is 0 Å². The van der Waals surface area contributed by atoms with E-state index in [0.29, 0.717) is 0 Å². The van der Waals surface area contributed by atoms with Crippen LogP contribution in [0.15, 0.2) is 22.0 Å². The van der Waals surface area contributed by atoms with Gasteiger partial charge in [-0.05, 0) is 35.0 Å². The molecule has 0 aliphatic carbocycles. The van der Waals surface area contributed by atoms with Crippen LogP contribution in [0.3, 0.4) is 0 Å². The molecule has 1 unspecified atom stereocenters. The molecule has 0 fully saturated rings. The van der Waals surface area contributed by atoms with Crippen LogP contribution in [-0.4, -0.2) is 7.11 Å². The van der Waals surface area contributed by atoms with Crippen molar-refractivity contribution in [2.45, 2.75) is 12.3 Å². The standard InChI is InChI=1S/C11H10BrClOS2/c1-6-8(12)4-10(16-6)11(13)9-3-7(14-2)5-15-9/h3-5,11H,1-2H3. The molecule has 86 valence electrons. The van der Waals surface area contributed by atoms with Gasteiger partial charge in [-0.1, -0.05) is 0 Å². The van der Waals surface area contributed by atoms with E-state index in [1.165, 1.54) is 4.88 Å². The lowest BCUT2D eigenvalue weighted by atomic mass is 10.3. The van der Waals surface area contributed by atoms with Crippen molar-refractivity contribution in [2.75, 3.05) is 7.11 Å². The molecule has 0 bridgehead atoms. The molecule has 0 amide bonds. The molecule has 2 rings (SSSR count). The van der Waals surface area contributed by atoms with Gasteiger partial charge in [0.2, 0.25) is 0 Å². The third-order valence-corrected chi connectivity index (χ3v) is 6.11. The minimum atomic E-state index is -0.0797. The maximum atomic E-state index is 6.43. The van der Waals surface area contributed by atoms with Crippen LogP contribution in [0.25, 0.3) is 0 Å². The van der Waals surface area contributed by atoms with E-state index in [0.717, 1.165) is 20.0 Å². The van der Waals surface area contributed by atoms with E-state index >= 15 is 0 Å². The minimum absolute atomic E-state index is 0.0797. The molecule has 1 atom stereocenters. The zero-order valence-corrected chi connectivity index (χ0v) is 12.8. The van der Waals surface area contributed by atoms with Gasteiger partial charge in [0.05, 0.1) is 7.11 Å². The largest absolute Gasteiger partial charge is 0.496 e. The topological polar surface area (TPSA) is 9.23 Å². The maximum absolute atomic E-state index is 6.43.